The molecule has 6 aromatic rings. The zero-order valence-electron chi connectivity index (χ0n) is 19.7. The van der Waals surface area contributed by atoms with Gasteiger partial charge in [0.05, 0.1) is 16.7 Å². The normalized spacial score (nSPS) is 13.7. The summed E-state index contributed by atoms with van der Waals surface area (Å²) in [5.41, 5.74) is 10.2. The van der Waals surface area contributed by atoms with Crippen LogP contribution >= 0.6 is 0 Å². The summed E-state index contributed by atoms with van der Waals surface area (Å²) in [5, 5.41) is 2.14. The lowest BCUT2D eigenvalue weighted by Crippen LogP contribution is -2.15. The third-order valence-corrected chi connectivity index (χ3v) is 7.33. The molecule has 1 aliphatic rings. The number of hydrogen-bond acceptors (Lipinski definition) is 3. The Labute approximate surface area is 204 Å². The molecule has 0 N–H and O–H groups in total. The van der Waals surface area contributed by atoms with Gasteiger partial charge in [0.15, 0.2) is 5.82 Å². The first-order valence-electron chi connectivity index (χ1n) is 12.0. The quantitative estimate of drug-likeness (QED) is 0.270. The van der Waals surface area contributed by atoms with Crippen molar-refractivity contribution in [1.29, 1.82) is 0 Å². The van der Waals surface area contributed by atoms with E-state index in [1.54, 1.807) is 0 Å². The SMILES string of the molecule is CC1(C)c2ccccc2-c2ccc(-c3nc(-c4cccc5cccnc45)nc4ccccc34)cc21. The third-order valence-electron chi connectivity index (χ3n) is 7.33. The standard InChI is InChI=1S/C32H23N3/c1-32(2)26-14-5-3-11-22(26)23-17-16-21(19-27(23)32)30-24-12-4-6-15-28(24)34-31(35-30)25-13-7-9-20-10-8-18-33-29(20)25/h3-19H,1-2H3. The van der Waals surface area contributed by atoms with Crippen molar-refractivity contribution in [2.45, 2.75) is 19.3 Å². The van der Waals surface area contributed by atoms with E-state index in [2.05, 4.69) is 97.7 Å². The van der Waals surface area contributed by atoms with Crippen molar-refractivity contribution in [1.82, 2.24) is 15.0 Å². The van der Waals surface area contributed by atoms with Crippen molar-refractivity contribution < 1.29 is 0 Å². The van der Waals surface area contributed by atoms with Crippen molar-refractivity contribution in [3.63, 3.8) is 0 Å². The molecule has 0 atom stereocenters. The fraction of sp³-hybridized carbons (Fsp3) is 0.0938. The summed E-state index contributed by atoms with van der Waals surface area (Å²) in [5.74, 6) is 0.700. The van der Waals surface area contributed by atoms with E-state index in [0.717, 1.165) is 38.6 Å². The number of hydrogen-bond donors (Lipinski definition) is 0. The lowest BCUT2D eigenvalue weighted by molar-refractivity contribution is 0.660. The second kappa shape index (κ2) is 7.31. The molecule has 0 saturated heterocycles. The third kappa shape index (κ3) is 2.95. The summed E-state index contributed by atoms with van der Waals surface area (Å²) >= 11 is 0. The van der Waals surface area contributed by atoms with Gasteiger partial charge in [-0.05, 0) is 46.5 Å². The van der Waals surface area contributed by atoms with Gasteiger partial charge >= 0.3 is 0 Å². The number of fused-ring (bicyclic) bond motifs is 5. The van der Waals surface area contributed by atoms with Crippen LogP contribution in [0.2, 0.25) is 0 Å². The predicted octanol–water partition coefficient (Wildman–Crippen LogP) is 7.82. The van der Waals surface area contributed by atoms with Crippen LogP contribution in [0.5, 0.6) is 0 Å². The molecule has 7 rings (SSSR count). The molecule has 35 heavy (non-hydrogen) atoms. The summed E-state index contributed by atoms with van der Waals surface area (Å²) in [7, 11) is 0. The molecule has 0 bridgehead atoms. The van der Waals surface area contributed by atoms with Gasteiger partial charge in [0.2, 0.25) is 0 Å². The maximum absolute atomic E-state index is 5.16. The van der Waals surface area contributed by atoms with Gasteiger partial charge in [0.1, 0.15) is 0 Å². The number of aromatic nitrogens is 3. The molecular weight excluding hydrogens is 426 g/mol. The molecule has 0 aliphatic heterocycles. The van der Waals surface area contributed by atoms with Gasteiger partial charge in [-0.2, -0.15) is 0 Å². The molecule has 0 fully saturated rings. The monoisotopic (exact) mass is 449 g/mol. The van der Waals surface area contributed by atoms with Crippen LogP contribution in [0.15, 0.2) is 103 Å². The van der Waals surface area contributed by atoms with E-state index in [1.807, 2.05) is 24.4 Å². The molecule has 3 nitrogen and oxygen atoms in total. The van der Waals surface area contributed by atoms with E-state index in [1.165, 1.54) is 22.3 Å². The topological polar surface area (TPSA) is 38.7 Å². The summed E-state index contributed by atoms with van der Waals surface area (Å²) in [4.78, 5) is 14.8. The number of para-hydroxylation sites is 2. The largest absolute Gasteiger partial charge is 0.255 e. The average molecular weight is 450 g/mol. The summed E-state index contributed by atoms with van der Waals surface area (Å²) in [6.07, 6.45) is 1.83. The molecule has 2 aromatic heterocycles. The highest BCUT2D eigenvalue weighted by molar-refractivity contribution is 5.97. The number of pyridine rings is 1. The van der Waals surface area contributed by atoms with Gasteiger partial charge in [-0.15, -0.1) is 0 Å². The van der Waals surface area contributed by atoms with Gasteiger partial charge < -0.3 is 0 Å². The van der Waals surface area contributed by atoms with Crippen LogP contribution < -0.4 is 0 Å². The molecule has 0 radical (unpaired) electrons. The van der Waals surface area contributed by atoms with Crippen LogP contribution in [-0.4, -0.2) is 15.0 Å². The Balaban J connectivity index is 1.48. The van der Waals surface area contributed by atoms with E-state index in [-0.39, 0.29) is 5.41 Å². The lowest BCUT2D eigenvalue weighted by Gasteiger charge is -2.22. The van der Waals surface area contributed by atoms with E-state index >= 15 is 0 Å². The van der Waals surface area contributed by atoms with E-state index in [9.17, 15) is 0 Å². The van der Waals surface area contributed by atoms with Crippen molar-refractivity contribution in [2.24, 2.45) is 0 Å². The molecule has 3 heteroatoms. The summed E-state index contributed by atoms with van der Waals surface area (Å²) < 4.78 is 0. The number of rotatable bonds is 2. The van der Waals surface area contributed by atoms with Crippen LogP contribution in [0.3, 0.4) is 0 Å². The molecule has 0 unspecified atom stereocenters. The van der Waals surface area contributed by atoms with Crippen LogP contribution in [0.25, 0.3) is 55.6 Å². The highest BCUT2D eigenvalue weighted by atomic mass is 14.9. The van der Waals surface area contributed by atoms with Gasteiger partial charge in [0, 0.05) is 33.5 Å². The van der Waals surface area contributed by atoms with Crippen LogP contribution in [0.1, 0.15) is 25.0 Å². The Morgan fingerprint density at radius 3 is 2.34 bits per heavy atom. The fourth-order valence-electron chi connectivity index (χ4n) is 5.55. The van der Waals surface area contributed by atoms with Gasteiger partial charge in [0.25, 0.3) is 0 Å². The molecule has 0 amide bonds. The highest BCUT2D eigenvalue weighted by Crippen LogP contribution is 2.49. The Morgan fingerprint density at radius 1 is 0.629 bits per heavy atom. The van der Waals surface area contributed by atoms with Gasteiger partial charge in [-0.1, -0.05) is 86.6 Å². The summed E-state index contributed by atoms with van der Waals surface area (Å²) in [6, 6.07) is 34.0. The minimum absolute atomic E-state index is 0.0623. The van der Waals surface area contributed by atoms with E-state index < -0.39 is 0 Å². The maximum atomic E-state index is 5.16. The fourth-order valence-corrected chi connectivity index (χ4v) is 5.55. The Morgan fingerprint density at radius 2 is 1.40 bits per heavy atom. The molecule has 0 spiro atoms. The van der Waals surface area contributed by atoms with Crippen molar-refractivity contribution in [2.75, 3.05) is 0 Å². The Hall–Kier alpha value is -4.37. The van der Waals surface area contributed by atoms with E-state index in [4.69, 9.17) is 9.97 Å². The Kier molecular flexibility index (Phi) is 4.19. The van der Waals surface area contributed by atoms with Gasteiger partial charge in [-0.25, -0.2) is 9.97 Å². The minimum Gasteiger partial charge on any atom is -0.255 e. The van der Waals surface area contributed by atoms with Crippen molar-refractivity contribution >= 4 is 21.8 Å². The van der Waals surface area contributed by atoms with Crippen LogP contribution in [0, 0.1) is 0 Å². The molecule has 4 aromatic carbocycles. The van der Waals surface area contributed by atoms with Gasteiger partial charge in [-0.3, -0.25) is 4.98 Å². The van der Waals surface area contributed by atoms with Crippen LogP contribution in [0.4, 0.5) is 0 Å². The number of benzene rings is 4. The van der Waals surface area contributed by atoms with Crippen molar-refractivity contribution in [3.8, 4) is 33.8 Å². The first kappa shape index (κ1) is 20.0. The average Bonchev–Trinajstić information content (AvgIpc) is 3.14. The smallest absolute Gasteiger partial charge is 0.162 e. The van der Waals surface area contributed by atoms with E-state index in [0.29, 0.717) is 5.82 Å². The zero-order chi connectivity index (χ0) is 23.6. The maximum Gasteiger partial charge on any atom is 0.162 e. The molecule has 0 saturated carbocycles. The molecule has 2 heterocycles. The first-order valence-corrected chi connectivity index (χ1v) is 12.0. The zero-order valence-corrected chi connectivity index (χ0v) is 19.7. The minimum atomic E-state index is -0.0623. The Bertz CT molecular complexity index is 1780. The summed E-state index contributed by atoms with van der Waals surface area (Å²) in [6.45, 7) is 4.62. The second-order valence-electron chi connectivity index (χ2n) is 9.72. The molecule has 166 valence electrons. The molecular formula is C32H23N3. The van der Waals surface area contributed by atoms with Crippen molar-refractivity contribution in [3.05, 3.63) is 114 Å². The van der Waals surface area contributed by atoms with Crippen LogP contribution in [-0.2, 0) is 5.41 Å². The second-order valence-corrected chi connectivity index (χ2v) is 9.72. The lowest BCUT2D eigenvalue weighted by atomic mass is 9.82. The first-order chi connectivity index (χ1) is 17.1. The molecule has 1 aliphatic carbocycles. The highest BCUT2D eigenvalue weighted by Gasteiger charge is 2.35. The number of nitrogens with zero attached hydrogens (tertiary/aromatic N) is 3. The predicted molar refractivity (Wildman–Crippen MR) is 143 cm³/mol.